The van der Waals surface area contributed by atoms with Crippen LogP contribution in [0.1, 0.15) is 30.9 Å². The van der Waals surface area contributed by atoms with Gasteiger partial charge in [0.2, 0.25) is 0 Å². The Hall–Kier alpha value is -1.06. The van der Waals surface area contributed by atoms with E-state index < -0.39 is 6.10 Å². The Morgan fingerprint density at radius 1 is 1.21 bits per heavy atom. The first-order chi connectivity index (χ1) is 8.69. The summed E-state index contributed by atoms with van der Waals surface area (Å²) in [5.74, 6) is 1.36. The molecule has 0 spiro atoms. The van der Waals surface area contributed by atoms with Crippen LogP contribution in [0.3, 0.4) is 0 Å². The Morgan fingerprint density at radius 3 is 2.32 bits per heavy atom. The minimum Gasteiger partial charge on any atom is -0.491 e. The molecule has 1 aromatic carbocycles. The summed E-state index contributed by atoms with van der Waals surface area (Å²) in [6.07, 6.45) is -0.440. The number of hydrogen-bond acceptors (Lipinski definition) is 2. The Balaban J connectivity index is 2.57. The average Bonchev–Trinajstić information content (AvgIpc) is 2.23. The highest BCUT2D eigenvalue weighted by molar-refractivity contribution is 5.36. The van der Waals surface area contributed by atoms with Crippen LogP contribution in [0.5, 0.6) is 5.75 Å². The molecule has 0 amide bonds. The molecule has 0 fully saturated rings. The van der Waals surface area contributed by atoms with Crippen LogP contribution in [0, 0.1) is 6.92 Å². The van der Waals surface area contributed by atoms with Gasteiger partial charge in [0.25, 0.3) is 0 Å². The molecule has 0 radical (unpaired) electrons. The fourth-order valence-corrected chi connectivity index (χ4v) is 2.26. The van der Waals surface area contributed by atoms with Crippen LogP contribution < -0.4 is 4.74 Å². The fraction of sp³-hybridized carbons (Fsp3) is 0.625. The van der Waals surface area contributed by atoms with E-state index in [9.17, 15) is 5.11 Å². The molecule has 3 heteroatoms. The van der Waals surface area contributed by atoms with E-state index in [0.29, 0.717) is 19.1 Å². The summed E-state index contributed by atoms with van der Waals surface area (Å²) in [5.41, 5.74) is 2.59. The number of hydrogen-bond donors (Lipinski definition) is 1. The third-order valence-electron chi connectivity index (χ3n) is 3.06. The van der Waals surface area contributed by atoms with Crippen molar-refractivity contribution < 1.29 is 14.3 Å². The van der Waals surface area contributed by atoms with E-state index in [1.807, 2.05) is 12.1 Å². The van der Waals surface area contributed by atoms with Crippen molar-refractivity contribution in [2.75, 3.05) is 34.3 Å². The molecule has 1 rings (SSSR count). The van der Waals surface area contributed by atoms with Crippen LogP contribution >= 0.6 is 0 Å². The smallest absolute Gasteiger partial charge is 0.137 e. The number of aliphatic hydroxyl groups is 1. The first-order valence-electron chi connectivity index (χ1n) is 6.91. The highest BCUT2D eigenvalue weighted by Crippen LogP contribution is 2.23. The van der Waals surface area contributed by atoms with Gasteiger partial charge in [0.15, 0.2) is 0 Å². The second kappa shape index (κ2) is 6.40. The van der Waals surface area contributed by atoms with Crippen LogP contribution in [-0.2, 0) is 0 Å². The average molecular weight is 266 g/mol. The minimum atomic E-state index is -0.440. The van der Waals surface area contributed by atoms with Crippen molar-refractivity contribution in [3.63, 3.8) is 0 Å². The van der Waals surface area contributed by atoms with Crippen molar-refractivity contribution >= 4 is 0 Å². The summed E-state index contributed by atoms with van der Waals surface area (Å²) in [5, 5.41) is 9.92. The lowest BCUT2D eigenvalue weighted by atomic mass is 9.98. The molecule has 0 aliphatic rings. The van der Waals surface area contributed by atoms with Crippen molar-refractivity contribution in [1.82, 2.24) is 0 Å². The van der Waals surface area contributed by atoms with Crippen LogP contribution in [0.2, 0.25) is 0 Å². The van der Waals surface area contributed by atoms with E-state index in [1.165, 1.54) is 11.1 Å². The number of likely N-dealkylation sites (N-methyl/N-ethyl adjacent to an activating group) is 1. The minimum absolute atomic E-state index is 0.343. The lowest BCUT2D eigenvalue weighted by molar-refractivity contribution is -0.873. The van der Waals surface area contributed by atoms with Crippen molar-refractivity contribution in [3.05, 3.63) is 29.3 Å². The molecular formula is C16H28NO2+. The van der Waals surface area contributed by atoms with Crippen molar-refractivity contribution in [3.8, 4) is 5.75 Å². The topological polar surface area (TPSA) is 29.5 Å². The Morgan fingerprint density at radius 2 is 1.84 bits per heavy atom. The monoisotopic (exact) mass is 266 g/mol. The van der Waals surface area contributed by atoms with E-state index in [1.54, 1.807) is 0 Å². The standard InChI is InChI=1S/C16H28NO2/c1-12(2)16-8-7-15(9-13(16)3)19-11-14(18)10-17(4,5)6/h7-9,12,14,18H,10-11H2,1-6H3/q+1/t14-/m1/s1. The first-order valence-corrected chi connectivity index (χ1v) is 6.91. The molecule has 0 aliphatic carbocycles. The summed E-state index contributed by atoms with van der Waals surface area (Å²) >= 11 is 0. The third kappa shape index (κ3) is 5.62. The van der Waals surface area contributed by atoms with Gasteiger partial charge in [-0.05, 0) is 36.1 Å². The maximum Gasteiger partial charge on any atom is 0.137 e. The van der Waals surface area contributed by atoms with Gasteiger partial charge in [0, 0.05) is 0 Å². The maximum absolute atomic E-state index is 9.92. The van der Waals surface area contributed by atoms with Crippen molar-refractivity contribution in [1.29, 1.82) is 0 Å². The zero-order valence-electron chi connectivity index (χ0n) is 13.1. The van der Waals surface area contributed by atoms with Gasteiger partial charge in [-0.3, -0.25) is 0 Å². The zero-order valence-corrected chi connectivity index (χ0v) is 13.1. The molecule has 0 saturated heterocycles. The van der Waals surface area contributed by atoms with Crippen LogP contribution in [-0.4, -0.2) is 50.0 Å². The second-order valence-electron chi connectivity index (χ2n) is 6.61. The summed E-state index contributed by atoms with van der Waals surface area (Å²) < 4.78 is 6.40. The van der Waals surface area contributed by atoms with Gasteiger partial charge in [0.05, 0.1) is 21.1 Å². The molecule has 0 unspecified atom stereocenters. The number of aliphatic hydroxyl groups excluding tert-OH is 1. The van der Waals surface area contributed by atoms with Crippen molar-refractivity contribution in [2.24, 2.45) is 0 Å². The van der Waals surface area contributed by atoms with Gasteiger partial charge in [-0.2, -0.15) is 0 Å². The zero-order chi connectivity index (χ0) is 14.6. The number of quaternary nitrogens is 1. The molecule has 3 nitrogen and oxygen atoms in total. The van der Waals surface area contributed by atoms with Gasteiger partial charge >= 0.3 is 0 Å². The molecule has 0 heterocycles. The van der Waals surface area contributed by atoms with E-state index in [-0.39, 0.29) is 0 Å². The number of aryl methyl sites for hydroxylation is 1. The molecule has 1 atom stereocenters. The van der Waals surface area contributed by atoms with Gasteiger partial charge in [0.1, 0.15) is 25.0 Å². The van der Waals surface area contributed by atoms with Gasteiger partial charge < -0.3 is 14.3 Å². The van der Waals surface area contributed by atoms with Crippen LogP contribution in [0.15, 0.2) is 18.2 Å². The summed E-state index contributed by atoms with van der Waals surface area (Å²) in [4.78, 5) is 0. The number of rotatable bonds is 6. The molecular weight excluding hydrogens is 238 g/mol. The predicted molar refractivity (Wildman–Crippen MR) is 79.7 cm³/mol. The number of nitrogens with zero attached hydrogens (tertiary/aromatic N) is 1. The van der Waals surface area contributed by atoms with Gasteiger partial charge in [-0.25, -0.2) is 0 Å². The largest absolute Gasteiger partial charge is 0.491 e. The highest BCUT2D eigenvalue weighted by Gasteiger charge is 2.16. The predicted octanol–water partition coefficient (Wildman–Crippen LogP) is 2.56. The van der Waals surface area contributed by atoms with Crippen molar-refractivity contribution in [2.45, 2.75) is 32.8 Å². The molecule has 0 saturated carbocycles. The third-order valence-corrected chi connectivity index (χ3v) is 3.06. The molecule has 1 N–H and O–H groups in total. The van der Waals surface area contributed by atoms with Crippen LogP contribution in [0.25, 0.3) is 0 Å². The van der Waals surface area contributed by atoms with E-state index in [4.69, 9.17) is 4.74 Å². The van der Waals surface area contributed by atoms with Gasteiger partial charge in [-0.15, -0.1) is 0 Å². The van der Waals surface area contributed by atoms with Gasteiger partial charge in [-0.1, -0.05) is 19.9 Å². The fourth-order valence-electron chi connectivity index (χ4n) is 2.26. The molecule has 19 heavy (non-hydrogen) atoms. The normalized spacial score (nSPS) is 13.7. The van der Waals surface area contributed by atoms with E-state index in [2.05, 4.69) is 48.0 Å². The lowest BCUT2D eigenvalue weighted by Gasteiger charge is -2.26. The Bertz CT molecular complexity index is 408. The number of ether oxygens (including phenoxy) is 1. The second-order valence-corrected chi connectivity index (χ2v) is 6.61. The number of benzene rings is 1. The quantitative estimate of drug-likeness (QED) is 0.802. The van der Waals surface area contributed by atoms with Crippen LogP contribution in [0.4, 0.5) is 0 Å². The summed E-state index contributed by atoms with van der Waals surface area (Å²) in [6, 6.07) is 6.15. The Labute approximate surface area is 117 Å². The van der Waals surface area contributed by atoms with E-state index >= 15 is 0 Å². The molecule has 0 bridgehead atoms. The molecule has 0 aliphatic heterocycles. The SMILES string of the molecule is Cc1cc(OC[C@H](O)C[N+](C)(C)C)ccc1C(C)C. The molecule has 108 valence electrons. The first kappa shape index (κ1) is 16.0. The molecule has 1 aromatic rings. The molecule has 0 aromatic heterocycles. The van der Waals surface area contributed by atoms with E-state index in [0.717, 1.165) is 10.2 Å². The summed E-state index contributed by atoms with van der Waals surface area (Å²) in [7, 11) is 6.18. The maximum atomic E-state index is 9.92. The lowest BCUT2D eigenvalue weighted by Crippen LogP contribution is -2.43. The summed E-state index contributed by atoms with van der Waals surface area (Å²) in [6.45, 7) is 7.51. The highest BCUT2D eigenvalue weighted by atomic mass is 16.5. The Kier molecular flexibility index (Phi) is 5.39.